The van der Waals surface area contributed by atoms with Crippen LogP contribution in [0.2, 0.25) is 0 Å². The van der Waals surface area contributed by atoms with Crippen LogP contribution < -0.4 is 5.32 Å². The SMILES string of the molecule is CC(C)(C)OC(=O)N1CC[C@H](CNc2ncc3cn[nH]c3n2)C(F)(F)C1. The number of carbonyl (C=O) groups is 1. The number of rotatable bonds is 3. The highest BCUT2D eigenvalue weighted by Gasteiger charge is 2.46. The molecule has 26 heavy (non-hydrogen) atoms. The second-order valence-corrected chi connectivity index (χ2v) is 7.40. The van der Waals surface area contributed by atoms with Gasteiger partial charge in [-0.25, -0.2) is 18.6 Å². The van der Waals surface area contributed by atoms with Crippen LogP contribution in [-0.2, 0) is 4.74 Å². The first-order valence-corrected chi connectivity index (χ1v) is 8.40. The average molecular weight is 368 g/mol. The highest BCUT2D eigenvalue weighted by molar-refractivity contribution is 5.73. The Hall–Kier alpha value is -2.52. The molecule has 0 radical (unpaired) electrons. The van der Waals surface area contributed by atoms with Gasteiger partial charge in [0, 0.05) is 25.2 Å². The van der Waals surface area contributed by atoms with Crippen LogP contribution >= 0.6 is 0 Å². The number of H-pyrrole nitrogens is 1. The van der Waals surface area contributed by atoms with E-state index >= 15 is 0 Å². The first kappa shape index (κ1) is 18.3. The molecule has 0 spiro atoms. The van der Waals surface area contributed by atoms with E-state index in [1.54, 1.807) is 33.2 Å². The molecule has 1 atom stereocenters. The number of nitrogens with one attached hydrogen (secondary N) is 2. The fraction of sp³-hybridized carbons (Fsp3) is 0.625. The summed E-state index contributed by atoms with van der Waals surface area (Å²) >= 11 is 0. The number of ether oxygens (including phenoxy) is 1. The second kappa shape index (κ2) is 6.65. The minimum atomic E-state index is -3.03. The van der Waals surface area contributed by atoms with Crippen LogP contribution in [0.5, 0.6) is 0 Å². The van der Waals surface area contributed by atoms with Gasteiger partial charge in [-0.1, -0.05) is 0 Å². The standard InChI is InChI=1S/C16H22F2N6O2/c1-15(2,3)26-14(25)24-5-4-11(16(17,18)9-24)8-20-13-19-6-10-7-21-23-12(10)22-13/h6-7,11H,4-5,8-9H2,1-3H3,(H2,19,20,21,22,23)/t11-/m1/s1. The summed E-state index contributed by atoms with van der Waals surface area (Å²) in [5, 5.41) is 10.1. The van der Waals surface area contributed by atoms with E-state index in [2.05, 4.69) is 25.5 Å². The number of likely N-dealkylation sites (tertiary alicyclic amines) is 1. The number of hydrogen-bond donors (Lipinski definition) is 2. The molecule has 0 aliphatic carbocycles. The molecule has 1 amide bonds. The summed E-state index contributed by atoms with van der Waals surface area (Å²) < 4.78 is 34.1. The minimum absolute atomic E-state index is 0.00873. The van der Waals surface area contributed by atoms with E-state index in [1.165, 1.54) is 0 Å². The molecule has 0 unspecified atom stereocenters. The van der Waals surface area contributed by atoms with Gasteiger partial charge in [0.2, 0.25) is 5.95 Å². The number of hydrogen-bond acceptors (Lipinski definition) is 6. The third kappa shape index (κ3) is 4.17. The van der Waals surface area contributed by atoms with Gasteiger partial charge >= 0.3 is 6.09 Å². The van der Waals surface area contributed by atoms with Gasteiger partial charge in [-0.2, -0.15) is 10.1 Å². The van der Waals surface area contributed by atoms with Crippen molar-refractivity contribution in [3.8, 4) is 0 Å². The fourth-order valence-corrected chi connectivity index (χ4v) is 2.76. The lowest BCUT2D eigenvalue weighted by molar-refractivity contribution is -0.106. The van der Waals surface area contributed by atoms with Crippen LogP contribution in [0.3, 0.4) is 0 Å². The predicted molar refractivity (Wildman–Crippen MR) is 91.0 cm³/mol. The van der Waals surface area contributed by atoms with Crippen molar-refractivity contribution in [2.24, 2.45) is 5.92 Å². The summed E-state index contributed by atoms with van der Waals surface area (Å²) in [5.41, 5.74) is -0.179. The van der Waals surface area contributed by atoms with Gasteiger partial charge in [0.1, 0.15) is 5.60 Å². The van der Waals surface area contributed by atoms with E-state index in [1.807, 2.05) is 0 Å². The largest absolute Gasteiger partial charge is 0.444 e. The molecule has 2 aromatic rings. The third-order valence-electron chi connectivity index (χ3n) is 4.10. The van der Waals surface area contributed by atoms with Gasteiger partial charge in [0.05, 0.1) is 18.1 Å². The number of anilines is 1. The van der Waals surface area contributed by atoms with Gasteiger partial charge in [-0.15, -0.1) is 0 Å². The Bertz CT molecular complexity index is 788. The normalized spacial score (nSPS) is 20.2. The molecule has 10 heteroatoms. The van der Waals surface area contributed by atoms with Crippen LogP contribution in [0.15, 0.2) is 12.4 Å². The van der Waals surface area contributed by atoms with Crippen LogP contribution in [-0.4, -0.2) is 62.3 Å². The van der Waals surface area contributed by atoms with E-state index in [4.69, 9.17) is 4.74 Å². The summed E-state index contributed by atoms with van der Waals surface area (Å²) in [6.07, 6.45) is 2.60. The Labute approximate surface area is 149 Å². The van der Waals surface area contributed by atoms with Crippen molar-refractivity contribution in [1.82, 2.24) is 25.1 Å². The second-order valence-electron chi connectivity index (χ2n) is 7.40. The van der Waals surface area contributed by atoms with Crippen molar-refractivity contribution in [2.75, 3.05) is 25.0 Å². The van der Waals surface area contributed by atoms with E-state index in [-0.39, 0.29) is 25.5 Å². The van der Waals surface area contributed by atoms with Crippen LogP contribution in [0, 0.1) is 5.92 Å². The lowest BCUT2D eigenvalue weighted by Gasteiger charge is -2.38. The van der Waals surface area contributed by atoms with Crippen molar-refractivity contribution in [3.63, 3.8) is 0 Å². The van der Waals surface area contributed by atoms with Crippen LogP contribution in [0.1, 0.15) is 27.2 Å². The minimum Gasteiger partial charge on any atom is -0.444 e. The topological polar surface area (TPSA) is 96.0 Å². The molecule has 2 N–H and O–H groups in total. The van der Waals surface area contributed by atoms with Crippen molar-refractivity contribution < 1.29 is 18.3 Å². The Morgan fingerprint density at radius 3 is 2.92 bits per heavy atom. The maximum atomic E-state index is 14.5. The fourth-order valence-electron chi connectivity index (χ4n) is 2.76. The molecule has 0 aromatic carbocycles. The highest BCUT2D eigenvalue weighted by Crippen LogP contribution is 2.33. The van der Waals surface area contributed by atoms with Gasteiger partial charge in [-0.05, 0) is 27.2 Å². The maximum Gasteiger partial charge on any atom is 0.410 e. The maximum absolute atomic E-state index is 14.5. The monoisotopic (exact) mass is 368 g/mol. The molecule has 0 saturated carbocycles. The molecule has 0 bridgehead atoms. The molecule has 1 aliphatic heterocycles. The van der Waals surface area contributed by atoms with Gasteiger partial charge < -0.3 is 15.0 Å². The zero-order chi connectivity index (χ0) is 18.9. The van der Waals surface area contributed by atoms with Gasteiger partial charge in [0.25, 0.3) is 5.92 Å². The quantitative estimate of drug-likeness (QED) is 0.865. The van der Waals surface area contributed by atoms with Crippen LogP contribution in [0.4, 0.5) is 19.5 Å². The zero-order valence-electron chi connectivity index (χ0n) is 14.9. The zero-order valence-corrected chi connectivity index (χ0v) is 14.9. The molecular weight excluding hydrogens is 346 g/mol. The summed E-state index contributed by atoms with van der Waals surface area (Å²) in [7, 11) is 0. The average Bonchev–Trinajstić information content (AvgIpc) is 2.99. The molecule has 142 valence electrons. The lowest BCUT2D eigenvalue weighted by Crippen LogP contribution is -2.53. The number of halogens is 2. The highest BCUT2D eigenvalue weighted by atomic mass is 19.3. The molecule has 2 aromatic heterocycles. The molecule has 1 aliphatic rings. The van der Waals surface area contributed by atoms with E-state index < -0.39 is 30.1 Å². The van der Waals surface area contributed by atoms with Crippen molar-refractivity contribution >= 4 is 23.1 Å². The molecule has 1 fully saturated rings. The van der Waals surface area contributed by atoms with Crippen molar-refractivity contribution in [2.45, 2.75) is 38.7 Å². The number of piperidine rings is 1. The van der Waals surface area contributed by atoms with E-state index in [0.717, 1.165) is 10.3 Å². The predicted octanol–water partition coefficient (Wildman–Crippen LogP) is 2.66. The summed E-state index contributed by atoms with van der Waals surface area (Å²) in [4.78, 5) is 21.3. The number of aromatic amines is 1. The van der Waals surface area contributed by atoms with Crippen molar-refractivity contribution in [1.29, 1.82) is 0 Å². The Balaban J connectivity index is 1.58. The number of alkyl halides is 2. The Morgan fingerprint density at radius 2 is 2.23 bits per heavy atom. The Morgan fingerprint density at radius 1 is 1.46 bits per heavy atom. The Kier molecular flexibility index (Phi) is 4.68. The number of amides is 1. The first-order valence-electron chi connectivity index (χ1n) is 8.40. The molecule has 1 saturated heterocycles. The number of fused-ring (bicyclic) bond motifs is 1. The summed E-state index contributed by atoms with van der Waals surface area (Å²) in [6.45, 7) is 4.68. The number of carbonyl (C=O) groups excluding carboxylic acids is 1. The summed E-state index contributed by atoms with van der Waals surface area (Å²) in [6, 6.07) is 0. The van der Waals surface area contributed by atoms with Crippen LogP contribution in [0.25, 0.3) is 11.0 Å². The summed E-state index contributed by atoms with van der Waals surface area (Å²) in [5.74, 6) is -3.70. The molecule has 3 rings (SSSR count). The molecule has 3 heterocycles. The van der Waals surface area contributed by atoms with Gasteiger partial charge in [0.15, 0.2) is 5.65 Å². The number of aromatic nitrogens is 4. The lowest BCUT2D eigenvalue weighted by atomic mass is 9.93. The molecular formula is C16H22F2N6O2. The first-order chi connectivity index (χ1) is 12.1. The number of nitrogens with zero attached hydrogens (tertiary/aromatic N) is 4. The van der Waals surface area contributed by atoms with E-state index in [9.17, 15) is 13.6 Å². The van der Waals surface area contributed by atoms with Gasteiger partial charge in [-0.3, -0.25) is 5.10 Å². The van der Waals surface area contributed by atoms with Crippen molar-refractivity contribution in [3.05, 3.63) is 12.4 Å². The molecule has 8 nitrogen and oxygen atoms in total. The smallest absolute Gasteiger partial charge is 0.410 e. The third-order valence-corrected chi connectivity index (χ3v) is 4.10. The van der Waals surface area contributed by atoms with E-state index in [0.29, 0.717) is 5.65 Å².